The molecule has 0 amide bonds. The van der Waals surface area contributed by atoms with Crippen molar-refractivity contribution in [2.24, 2.45) is 5.92 Å². The van der Waals surface area contributed by atoms with Gasteiger partial charge in [-0.1, -0.05) is 12.1 Å². The normalized spacial score (nSPS) is 19.6. The van der Waals surface area contributed by atoms with E-state index in [1.165, 1.54) is 6.07 Å². The van der Waals surface area contributed by atoms with Gasteiger partial charge in [0.2, 0.25) is 0 Å². The number of nitrogens with zero attached hydrogens (tertiary/aromatic N) is 1. The van der Waals surface area contributed by atoms with Gasteiger partial charge >= 0.3 is 0 Å². The third kappa shape index (κ3) is 5.11. The van der Waals surface area contributed by atoms with Gasteiger partial charge < -0.3 is 19.7 Å². The highest BCUT2D eigenvalue weighted by atomic mass is 19.1. The molecule has 0 spiro atoms. The number of alkyl halides is 1. The van der Waals surface area contributed by atoms with Crippen LogP contribution in [0.15, 0.2) is 54.6 Å². The maximum absolute atomic E-state index is 14.3. The second-order valence-electron chi connectivity index (χ2n) is 9.53. The molecule has 2 atom stereocenters. The third-order valence-corrected chi connectivity index (χ3v) is 7.05. The number of aromatic hydroxyl groups is 2. The number of rotatable bonds is 7. The maximum atomic E-state index is 14.3. The van der Waals surface area contributed by atoms with Crippen LogP contribution in [0.5, 0.6) is 23.0 Å². The van der Waals surface area contributed by atoms with Gasteiger partial charge in [0, 0.05) is 30.1 Å². The van der Waals surface area contributed by atoms with E-state index in [-0.39, 0.29) is 23.9 Å². The Kier molecular flexibility index (Phi) is 7.02. The van der Waals surface area contributed by atoms with Crippen LogP contribution in [-0.4, -0.2) is 48.0 Å². The van der Waals surface area contributed by atoms with Crippen molar-refractivity contribution in [3.05, 3.63) is 82.9 Å². The Labute approximate surface area is 213 Å². The average Bonchev–Trinajstić information content (AvgIpc) is 3.36. The summed E-state index contributed by atoms with van der Waals surface area (Å²) in [6, 6.07) is 14.1. The molecule has 0 bridgehead atoms. The standard InChI is InChI=1S/C29H28F3NO4/c1-17-23-14-21(34)4-7-26(23)37-29(27(17)20-12-24(31)28(35)25(32)13-20)19-2-5-22(6-3-19)36-11-10-33-9-8-18(15-30)16-33/h2-7,12-14,18,29,34-35H,8-11,15-16H2,1H3. The van der Waals surface area contributed by atoms with E-state index in [4.69, 9.17) is 9.47 Å². The third-order valence-electron chi connectivity index (χ3n) is 7.05. The fourth-order valence-corrected chi connectivity index (χ4v) is 5.04. The Balaban J connectivity index is 1.41. The van der Waals surface area contributed by atoms with Crippen LogP contribution in [0.2, 0.25) is 0 Å². The molecule has 2 N–H and O–H groups in total. The lowest BCUT2D eigenvalue weighted by molar-refractivity contribution is 0.228. The summed E-state index contributed by atoms with van der Waals surface area (Å²) in [5.41, 5.74) is 2.77. The van der Waals surface area contributed by atoms with E-state index in [0.717, 1.165) is 43.8 Å². The number of likely N-dealkylation sites (tertiary alicyclic amines) is 1. The number of fused-ring (bicyclic) bond motifs is 1. The van der Waals surface area contributed by atoms with Gasteiger partial charge in [-0.3, -0.25) is 9.29 Å². The van der Waals surface area contributed by atoms with Crippen molar-refractivity contribution in [1.29, 1.82) is 0 Å². The lowest BCUT2D eigenvalue weighted by Crippen LogP contribution is -2.26. The molecular formula is C29H28F3NO4. The molecule has 2 heterocycles. The van der Waals surface area contributed by atoms with Gasteiger partial charge in [-0.25, -0.2) is 8.78 Å². The summed E-state index contributed by atoms with van der Waals surface area (Å²) in [6.07, 6.45) is 0.177. The number of hydrogen-bond donors (Lipinski definition) is 2. The summed E-state index contributed by atoms with van der Waals surface area (Å²) < 4.78 is 53.6. The molecule has 1 saturated heterocycles. The summed E-state index contributed by atoms with van der Waals surface area (Å²) >= 11 is 0. The van der Waals surface area contributed by atoms with E-state index < -0.39 is 23.5 Å². The average molecular weight is 512 g/mol. The van der Waals surface area contributed by atoms with Crippen molar-refractivity contribution in [2.75, 3.05) is 32.9 Å². The number of phenolic OH excluding ortho intramolecular Hbond substituents is 2. The minimum atomic E-state index is -1.07. The molecule has 5 rings (SSSR count). The fourth-order valence-electron chi connectivity index (χ4n) is 5.04. The molecule has 0 aliphatic carbocycles. The molecule has 194 valence electrons. The molecule has 8 heteroatoms. The highest BCUT2D eigenvalue weighted by Gasteiger charge is 2.31. The van der Waals surface area contributed by atoms with Crippen LogP contribution in [0.1, 0.15) is 36.1 Å². The zero-order valence-corrected chi connectivity index (χ0v) is 20.4. The molecule has 3 aromatic rings. The number of benzene rings is 3. The minimum Gasteiger partial charge on any atom is -0.508 e. The van der Waals surface area contributed by atoms with Gasteiger partial charge in [-0.15, -0.1) is 0 Å². The van der Waals surface area contributed by atoms with Crippen molar-refractivity contribution in [2.45, 2.75) is 19.4 Å². The van der Waals surface area contributed by atoms with Gasteiger partial charge in [0.1, 0.15) is 30.0 Å². The Morgan fingerprint density at radius 2 is 1.76 bits per heavy atom. The zero-order valence-electron chi connectivity index (χ0n) is 20.4. The predicted octanol–water partition coefficient (Wildman–Crippen LogP) is 6.11. The lowest BCUT2D eigenvalue weighted by atomic mass is 9.86. The Morgan fingerprint density at radius 3 is 2.43 bits per heavy atom. The van der Waals surface area contributed by atoms with Crippen LogP contribution in [0.4, 0.5) is 13.2 Å². The second-order valence-corrected chi connectivity index (χ2v) is 9.53. The summed E-state index contributed by atoms with van der Waals surface area (Å²) in [6.45, 7) is 4.34. The molecule has 0 radical (unpaired) electrons. The van der Waals surface area contributed by atoms with E-state index >= 15 is 0 Å². The smallest absolute Gasteiger partial charge is 0.187 e. The summed E-state index contributed by atoms with van der Waals surface area (Å²) in [5, 5.41) is 19.6. The Morgan fingerprint density at radius 1 is 1.03 bits per heavy atom. The van der Waals surface area contributed by atoms with Crippen molar-refractivity contribution in [3.8, 4) is 23.0 Å². The largest absolute Gasteiger partial charge is 0.508 e. The topological polar surface area (TPSA) is 62.2 Å². The van der Waals surface area contributed by atoms with Crippen LogP contribution in [0, 0.1) is 17.6 Å². The quantitative estimate of drug-likeness (QED) is 0.401. The van der Waals surface area contributed by atoms with Crippen LogP contribution in [-0.2, 0) is 0 Å². The predicted molar refractivity (Wildman–Crippen MR) is 134 cm³/mol. The number of allylic oxidation sites excluding steroid dienone is 1. The molecular weight excluding hydrogens is 483 g/mol. The highest BCUT2D eigenvalue weighted by Crippen LogP contribution is 2.48. The van der Waals surface area contributed by atoms with Gasteiger partial charge in [-0.05, 0) is 79.1 Å². The first kappa shape index (κ1) is 25.0. The van der Waals surface area contributed by atoms with Crippen molar-refractivity contribution < 1.29 is 32.9 Å². The van der Waals surface area contributed by atoms with Crippen molar-refractivity contribution in [1.82, 2.24) is 4.90 Å². The van der Waals surface area contributed by atoms with E-state index in [2.05, 4.69) is 4.90 Å². The van der Waals surface area contributed by atoms with E-state index in [0.29, 0.717) is 34.8 Å². The monoisotopic (exact) mass is 511 g/mol. The summed E-state index contributed by atoms with van der Waals surface area (Å²) in [4.78, 5) is 2.19. The van der Waals surface area contributed by atoms with Crippen LogP contribution >= 0.6 is 0 Å². The van der Waals surface area contributed by atoms with Crippen LogP contribution < -0.4 is 9.47 Å². The minimum absolute atomic E-state index is 0.0400. The zero-order chi connectivity index (χ0) is 26.1. The number of halogens is 3. The highest BCUT2D eigenvalue weighted by molar-refractivity contribution is 5.95. The van der Waals surface area contributed by atoms with Crippen LogP contribution in [0.3, 0.4) is 0 Å². The first-order chi connectivity index (χ1) is 17.8. The fraction of sp³-hybridized carbons (Fsp3) is 0.310. The van der Waals surface area contributed by atoms with Crippen molar-refractivity contribution in [3.63, 3.8) is 0 Å². The molecule has 1 fully saturated rings. The first-order valence-electron chi connectivity index (χ1n) is 12.2. The molecule has 2 aliphatic rings. The first-order valence-corrected chi connectivity index (χ1v) is 12.2. The van der Waals surface area contributed by atoms with E-state index in [1.807, 2.05) is 24.3 Å². The second kappa shape index (κ2) is 10.4. The Bertz CT molecular complexity index is 1300. The van der Waals surface area contributed by atoms with Gasteiger partial charge in [-0.2, -0.15) is 0 Å². The maximum Gasteiger partial charge on any atom is 0.187 e. The molecule has 2 unspecified atom stereocenters. The molecule has 2 aliphatic heterocycles. The molecule has 0 saturated carbocycles. The molecule has 37 heavy (non-hydrogen) atoms. The van der Waals surface area contributed by atoms with Crippen molar-refractivity contribution >= 4 is 11.1 Å². The van der Waals surface area contributed by atoms with E-state index in [1.54, 1.807) is 19.1 Å². The summed E-state index contributed by atoms with van der Waals surface area (Å²) in [5.74, 6) is -1.84. The number of hydrogen-bond acceptors (Lipinski definition) is 5. The van der Waals surface area contributed by atoms with Gasteiger partial charge in [0.15, 0.2) is 17.4 Å². The SMILES string of the molecule is CC1=C(c2cc(F)c(O)c(F)c2)C(c2ccc(OCCN3CCC(CF)C3)cc2)Oc2ccc(O)cc21. The van der Waals surface area contributed by atoms with Crippen LogP contribution in [0.25, 0.3) is 11.1 Å². The molecule has 5 nitrogen and oxygen atoms in total. The molecule has 0 aromatic heterocycles. The lowest BCUT2D eigenvalue weighted by Gasteiger charge is -2.31. The molecule has 3 aromatic carbocycles. The van der Waals surface area contributed by atoms with E-state index in [9.17, 15) is 23.4 Å². The Hall–Kier alpha value is -3.65. The number of ether oxygens (including phenoxy) is 2. The van der Waals surface area contributed by atoms with Gasteiger partial charge in [0.05, 0.1) is 6.67 Å². The number of phenols is 2. The summed E-state index contributed by atoms with van der Waals surface area (Å²) in [7, 11) is 0. The van der Waals surface area contributed by atoms with Gasteiger partial charge in [0.25, 0.3) is 0 Å².